The highest BCUT2D eigenvalue weighted by Crippen LogP contribution is 2.37. The number of carbonyl (C=O) groups is 1. The molecule has 2 aliphatic heterocycles. The summed E-state index contributed by atoms with van der Waals surface area (Å²) in [6.07, 6.45) is 8.38. The van der Waals surface area contributed by atoms with Gasteiger partial charge in [-0.1, -0.05) is 0 Å². The van der Waals surface area contributed by atoms with E-state index in [0.29, 0.717) is 0 Å². The number of amides is 1. The molecule has 2 bridgehead atoms. The molecule has 5 heterocycles. The van der Waals surface area contributed by atoms with Gasteiger partial charge in [-0.15, -0.1) is 0 Å². The number of aryl methyl sites for hydroxylation is 1. The third-order valence-corrected chi connectivity index (χ3v) is 6.44. The molecular formula is C21H24N6O4. The van der Waals surface area contributed by atoms with Crippen LogP contribution in [0.4, 0.5) is 0 Å². The number of pyridine rings is 1. The zero-order valence-electron chi connectivity index (χ0n) is 17.5. The molecule has 2 atom stereocenters. The number of piperidine rings is 1. The van der Waals surface area contributed by atoms with E-state index in [1.54, 1.807) is 24.0 Å². The van der Waals surface area contributed by atoms with Crippen molar-refractivity contribution in [2.75, 3.05) is 0 Å². The fourth-order valence-electron chi connectivity index (χ4n) is 4.98. The highest BCUT2D eigenvalue weighted by atomic mass is 16.5. The van der Waals surface area contributed by atoms with E-state index in [2.05, 4.69) is 9.97 Å². The zero-order valence-corrected chi connectivity index (χ0v) is 17.5. The number of imidazole rings is 1. The van der Waals surface area contributed by atoms with Crippen LogP contribution in [-0.2, 0) is 25.4 Å². The van der Waals surface area contributed by atoms with Crippen LogP contribution in [0.15, 0.2) is 40.4 Å². The van der Waals surface area contributed by atoms with Gasteiger partial charge in [-0.25, -0.2) is 9.78 Å². The van der Waals surface area contributed by atoms with Crippen molar-refractivity contribution in [3.63, 3.8) is 0 Å². The number of rotatable bonds is 4. The molecule has 0 spiro atoms. The van der Waals surface area contributed by atoms with Gasteiger partial charge in [0.15, 0.2) is 11.2 Å². The second-order valence-electron chi connectivity index (χ2n) is 8.34. The standard InChI is InChI=1S/C21H24N6O4/c1-24-19-18(20(29)25(2)21(24)30)26(12-23-19)11-17(28)27-13-5-6-14(27)9-16(8-13)31-15-4-3-7-22-10-15/h3-4,7,10,12-14,16H,5-6,8-9,11H2,1-2H3. The summed E-state index contributed by atoms with van der Waals surface area (Å²) in [5.41, 5.74) is -0.342. The molecule has 3 aromatic rings. The van der Waals surface area contributed by atoms with Crippen molar-refractivity contribution >= 4 is 17.1 Å². The fourth-order valence-corrected chi connectivity index (χ4v) is 4.98. The molecule has 0 N–H and O–H groups in total. The Morgan fingerprint density at radius 2 is 1.90 bits per heavy atom. The smallest absolute Gasteiger partial charge is 0.332 e. The lowest BCUT2D eigenvalue weighted by molar-refractivity contribution is -0.137. The molecule has 1 amide bonds. The van der Waals surface area contributed by atoms with Crippen LogP contribution in [0.5, 0.6) is 5.75 Å². The predicted molar refractivity (Wildman–Crippen MR) is 112 cm³/mol. The van der Waals surface area contributed by atoms with E-state index in [-0.39, 0.29) is 41.8 Å². The van der Waals surface area contributed by atoms with Gasteiger partial charge in [-0.2, -0.15) is 0 Å². The van der Waals surface area contributed by atoms with E-state index < -0.39 is 11.2 Å². The SMILES string of the molecule is Cn1c(=O)c2c(ncn2CC(=O)N2C3CCC2CC(Oc2cccnc2)C3)n(C)c1=O. The lowest BCUT2D eigenvalue weighted by atomic mass is 9.99. The molecule has 10 nitrogen and oxygen atoms in total. The molecule has 3 aromatic heterocycles. The van der Waals surface area contributed by atoms with Gasteiger partial charge in [0.1, 0.15) is 18.4 Å². The van der Waals surface area contributed by atoms with Crippen LogP contribution in [0.3, 0.4) is 0 Å². The Hall–Kier alpha value is -3.43. The summed E-state index contributed by atoms with van der Waals surface area (Å²) in [6.45, 7) is 0.0189. The molecular weight excluding hydrogens is 400 g/mol. The Labute approximate surface area is 177 Å². The number of fused-ring (bicyclic) bond motifs is 3. The maximum Gasteiger partial charge on any atom is 0.332 e. The average molecular weight is 424 g/mol. The van der Waals surface area contributed by atoms with E-state index in [0.717, 1.165) is 36.0 Å². The lowest BCUT2D eigenvalue weighted by Gasteiger charge is -2.39. The molecule has 162 valence electrons. The maximum absolute atomic E-state index is 13.2. The third-order valence-electron chi connectivity index (χ3n) is 6.44. The van der Waals surface area contributed by atoms with Gasteiger partial charge in [-0.3, -0.25) is 23.7 Å². The third kappa shape index (κ3) is 3.22. The first-order chi connectivity index (χ1) is 14.9. The summed E-state index contributed by atoms with van der Waals surface area (Å²) in [7, 11) is 2.99. The van der Waals surface area contributed by atoms with E-state index in [1.165, 1.54) is 17.9 Å². The monoisotopic (exact) mass is 424 g/mol. The second-order valence-corrected chi connectivity index (χ2v) is 8.34. The molecule has 2 unspecified atom stereocenters. The van der Waals surface area contributed by atoms with E-state index in [1.807, 2.05) is 17.0 Å². The number of hydrogen-bond acceptors (Lipinski definition) is 6. The number of nitrogens with zero attached hydrogens (tertiary/aromatic N) is 6. The number of ether oxygens (including phenoxy) is 1. The van der Waals surface area contributed by atoms with Crippen LogP contribution in [0.1, 0.15) is 25.7 Å². The molecule has 2 aliphatic rings. The fraction of sp³-hybridized carbons (Fsp3) is 0.476. The Morgan fingerprint density at radius 3 is 2.58 bits per heavy atom. The molecule has 2 fully saturated rings. The maximum atomic E-state index is 13.2. The van der Waals surface area contributed by atoms with Crippen LogP contribution in [0, 0.1) is 0 Å². The minimum Gasteiger partial charge on any atom is -0.489 e. The molecule has 5 rings (SSSR count). The first-order valence-corrected chi connectivity index (χ1v) is 10.4. The minimum atomic E-state index is -0.449. The average Bonchev–Trinajstić information content (AvgIpc) is 3.30. The van der Waals surface area contributed by atoms with Gasteiger partial charge in [-0.05, 0) is 25.0 Å². The minimum absolute atomic E-state index is 0.0189. The second kappa shape index (κ2) is 7.36. The Kier molecular flexibility index (Phi) is 4.64. The van der Waals surface area contributed by atoms with Crippen LogP contribution in [0.2, 0.25) is 0 Å². The van der Waals surface area contributed by atoms with E-state index in [4.69, 9.17) is 4.74 Å². The highest BCUT2D eigenvalue weighted by Gasteiger charge is 2.44. The van der Waals surface area contributed by atoms with Gasteiger partial charge in [0.2, 0.25) is 5.91 Å². The Balaban J connectivity index is 1.35. The lowest BCUT2D eigenvalue weighted by Crippen LogP contribution is -2.50. The van der Waals surface area contributed by atoms with E-state index >= 15 is 0 Å². The van der Waals surface area contributed by atoms with Crippen LogP contribution >= 0.6 is 0 Å². The Bertz CT molecular complexity index is 1250. The van der Waals surface area contributed by atoms with Crippen molar-refractivity contribution in [1.82, 2.24) is 28.6 Å². The summed E-state index contributed by atoms with van der Waals surface area (Å²) in [5, 5.41) is 0. The summed E-state index contributed by atoms with van der Waals surface area (Å²) in [6, 6.07) is 3.98. The van der Waals surface area contributed by atoms with Gasteiger partial charge in [0.05, 0.1) is 12.5 Å². The molecule has 2 saturated heterocycles. The molecule has 0 radical (unpaired) electrons. The first-order valence-electron chi connectivity index (χ1n) is 10.4. The largest absolute Gasteiger partial charge is 0.489 e. The number of aromatic nitrogens is 5. The summed E-state index contributed by atoms with van der Waals surface area (Å²) in [4.78, 5) is 48.3. The summed E-state index contributed by atoms with van der Waals surface area (Å²) >= 11 is 0. The van der Waals surface area contributed by atoms with Crippen LogP contribution in [0.25, 0.3) is 11.2 Å². The zero-order chi connectivity index (χ0) is 21.7. The summed E-state index contributed by atoms with van der Waals surface area (Å²) in [5.74, 6) is 0.709. The molecule has 31 heavy (non-hydrogen) atoms. The van der Waals surface area contributed by atoms with Crippen molar-refractivity contribution in [3.05, 3.63) is 51.7 Å². The first kappa shape index (κ1) is 19.5. The van der Waals surface area contributed by atoms with Crippen molar-refractivity contribution in [2.45, 2.75) is 50.4 Å². The molecule has 0 aromatic carbocycles. The normalized spacial score (nSPS) is 22.8. The quantitative estimate of drug-likeness (QED) is 0.602. The van der Waals surface area contributed by atoms with Gasteiger partial charge < -0.3 is 14.2 Å². The van der Waals surface area contributed by atoms with Crippen molar-refractivity contribution < 1.29 is 9.53 Å². The predicted octanol–water partition coefficient (Wildman–Crippen LogP) is 0.430. The van der Waals surface area contributed by atoms with Crippen LogP contribution in [-0.4, -0.2) is 52.7 Å². The summed E-state index contributed by atoms with van der Waals surface area (Å²) < 4.78 is 10.0. The topological polar surface area (TPSA) is 104 Å². The van der Waals surface area contributed by atoms with Crippen molar-refractivity contribution in [1.29, 1.82) is 0 Å². The Morgan fingerprint density at radius 1 is 1.16 bits per heavy atom. The van der Waals surface area contributed by atoms with Crippen molar-refractivity contribution in [2.24, 2.45) is 14.1 Å². The number of carbonyl (C=O) groups excluding carboxylic acids is 1. The van der Waals surface area contributed by atoms with Gasteiger partial charge in [0, 0.05) is 45.2 Å². The van der Waals surface area contributed by atoms with Crippen LogP contribution < -0.4 is 16.0 Å². The molecule has 0 saturated carbocycles. The van der Waals surface area contributed by atoms with Gasteiger partial charge in [0.25, 0.3) is 5.56 Å². The van der Waals surface area contributed by atoms with E-state index in [9.17, 15) is 14.4 Å². The highest BCUT2D eigenvalue weighted by molar-refractivity contribution is 5.80. The number of hydrogen-bond donors (Lipinski definition) is 0. The molecule has 0 aliphatic carbocycles. The molecule has 10 heteroatoms. The van der Waals surface area contributed by atoms with Gasteiger partial charge >= 0.3 is 5.69 Å². The van der Waals surface area contributed by atoms with Crippen molar-refractivity contribution in [3.8, 4) is 5.75 Å².